The fraction of sp³-hybridized carbons (Fsp3) is 0.286. The average Bonchev–Trinajstić information content (AvgIpc) is 3.41. The van der Waals surface area contributed by atoms with E-state index in [4.69, 9.17) is 9.73 Å². The maximum atomic E-state index is 11.4. The highest BCUT2D eigenvalue weighted by Gasteiger charge is 2.20. The number of hydrogen-bond acceptors (Lipinski definition) is 7. The Morgan fingerprint density at radius 2 is 2.19 bits per heavy atom. The van der Waals surface area contributed by atoms with Crippen molar-refractivity contribution in [3.05, 3.63) is 68.7 Å². The molecular weight excluding hydrogens is 398 g/mol. The van der Waals surface area contributed by atoms with Gasteiger partial charge in [0.15, 0.2) is 11.1 Å². The number of aromatic hydroxyl groups is 1. The number of imidazole rings is 1. The van der Waals surface area contributed by atoms with E-state index < -0.39 is 5.69 Å². The zero-order valence-corrected chi connectivity index (χ0v) is 16.9. The number of nitrogens with zero attached hydrogens (tertiary/aromatic N) is 5. The van der Waals surface area contributed by atoms with Gasteiger partial charge in [-0.1, -0.05) is 13.0 Å². The molecule has 31 heavy (non-hydrogen) atoms. The number of H-pyrrole nitrogens is 2. The Balaban J connectivity index is 1.55. The third-order valence-electron chi connectivity index (χ3n) is 5.02. The van der Waals surface area contributed by atoms with E-state index in [0.29, 0.717) is 22.2 Å². The van der Waals surface area contributed by atoms with Crippen LogP contribution in [0.4, 0.5) is 0 Å². The third-order valence-corrected chi connectivity index (χ3v) is 5.02. The molecular formula is C21H21N7O3. The first-order valence-electron chi connectivity index (χ1n) is 10.1. The molecule has 0 aliphatic heterocycles. The van der Waals surface area contributed by atoms with Crippen molar-refractivity contribution in [3.63, 3.8) is 0 Å². The molecule has 0 amide bonds. The van der Waals surface area contributed by atoms with Crippen LogP contribution in [-0.4, -0.2) is 40.7 Å². The number of ether oxygens (including phenoxy) is 1. The van der Waals surface area contributed by atoms with Crippen molar-refractivity contribution in [2.24, 2.45) is 4.99 Å². The van der Waals surface area contributed by atoms with Gasteiger partial charge in [-0.25, -0.2) is 4.79 Å². The monoisotopic (exact) mass is 419 g/mol. The van der Waals surface area contributed by atoms with Crippen molar-refractivity contribution in [3.8, 4) is 11.8 Å². The van der Waals surface area contributed by atoms with Crippen LogP contribution in [0.1, 0.15) is 36.7 Å². The Bertz CT molecular complexity index is 1410. The predicted octanol–water partition coefficient (Wildman–Crippen LogP) is 0.598. The smallest absolute Gasteiger partial charge is 0.326 e. The molecule has 0 unspecified atom stereocenters. The summed E-state index contributed by atoms with van der Waals surface area (Å²) < 4.78 is 7.55. The zero-order valence-electron chi connectivity index (χ0n) is 16.9. The highest BCUT2D eigenvalue weighted by Crippen LogP contribution is 2.22. The van der Waals surface area contributed by atoms with Crippen LogP contribution < -0.4 is 21.1 Å². The Morgan fingerprint density at radius 1 is 1.32 bits per heavy atom. The summed E-state index contributed by atoms with van der Waals surface area (Å²) in [4.78, 5) is 30.0. The van der Waals surface area contributed by atoms with E-state index in [2.05, 4.69) is 32.0 Å². The predicted molar refractivity (Wildman–Crippen MR) is 111 cm³/mol. The van der Waals surface area contributed by atoms with Crippen LogP contribution in [0, 0.1) is 0 Å². The Labute approximate surface area is 176 Å². The maximum absolute atomic E-state index is 11.4. The van der Waals surface area contributed by atoms with Gasteiger partial charge in [-0.2, -0.15) is 14.6 Å². The second-order valence-electron chi connectivity index (χ2n) is 7.43. The lowest BCUT2D eigenvalue weighted by Crippen LogP contribution is -2.19. The van der Waals surface area contributed by atoms with Crippen molar-refractivity contribution in [1.82, 2.24) is 29.5 Å². The number of hydrogen-bond donors (Lipinski definition) is 3. The molecule has 158 valence electrons. The van der Waals surface area contributed by atoms with Gasteiger partial charge >= 0.3 is 5.69 Å². The molecule has 1 aliphatic carbocycles. The summed E-state index contributed by atoms with van der Waals surface area (Å²) in [6.45, 7) is 2.36. The van der Waals surface area contributed by atoms with Gasteiger partial charge in [-0.15, -0.1) is 0 Å². The standard InChI is InChI=1S/C21H21N7O3/c1-2-12-3-4-15(22-9-12)11-31-18-8-17(24-14-5-6-14)28-19(26-18)13(10-23-28)7-16-20(29)27-21(30)25-16/h3-4,7-10,14,29H,2,5-6,11H2,1H3,(H2,25,27,30)/b13-7+,24-17?. The summed E-state index contributed by atoms with van der Waals surface area (Å²) >= 11 is 0. The fourth-order valence-electron chi connectivity index (χ4n) is 3.15. The first-order chi connectivity index (χ1) is 15.1. The van der Waals surface area contributed by atoms with Crippen LogP contribution in [0.2, 0.25) is 0 Å². The average molecular weight is 419 g/mol. The van der Waals surface area contributed by atoms with Crippen LogP contribution in [0.25, 0.3) is 11.7 Å². The molecule has 3 N–H and O–H groups in total. The fourth-order valence-corrected chi connectivity index (χ4v) is 3.15. The summed E-state index contributed by atoms with van der Waals surface area (Å²) in [5.74, 6) is 0.149. The van der Waals surface area contributed by atoms with E-state index in [1.165, 1.54) is 5.56 Å². The van der Waals surface area contributed by atoms with Crippen molar-refractivity contribution < 1.29 is 9.84 Å². The number of aryl methyl sites for hydroxylation is 1. The summed E-state index contributed by atoms with van der Waals surface area (Å²) in [7, 11) is 0. The maximum Gasteiger partial charge on any atom is 0.326 e. The molecule has 0 bridgehead atoms. The quantitative estimate of drug-likeness (QED) is 0.419. The van der Waals surface area contributed by atoms with E-state index in [9.17, 15) is 9.90 Å². The number of nitrogens with one attached hydrogen (secondary N) is 2. The number of fused-ring (bicyclic) bond motifs is 1. The molecule has 0 aromatic carbocycles. The highest BCUT2D eigenvalue weighted by atomic mass is 16.5. The Hall–Kier alpha value is -3.95. The normalized spacial score (nSPS) is 15.1. The summed E-state index contributed by atoms with van der Waals surface area (Å²) in [6.07, 6.45) is 8.07. The van der Waals surface area contributed by atoms with E-state index in [0.717, 1.165) is 25.0 Å². The summed E-state index contributed by atoms with van der Waals surface area (Å²) in [5.41, 5.74) is 2.86. The molecule has 0 saturated heterocycles. The molecule has 0 radical (unpaired) electrons. The van der Waals surface area contributed by atoms with Crippen LogP contribution >= 0.6 is 0 Å². The van der Waals surface area contributed by atoms with Crippen LogP contribution in [-0.2, 0) is 13.0 Å². The van der Waals surface area contributed by atoms with Gasteiger partial charge in [0.05, 0.1) is 17.9 Å². The molecule has 1 fully saturated rings. The lowest BCUT2D eigenvalue weighted by atomic mass is 10.2. The molecule has 10 nitrogen and oxygen atoms in total. The van der Waals surface area contributed by atoms with E-state index in [-0.39, 0.29) is 24.2 Å². The van der Waals surface area contributed by atoms with Gasteiger partial charge in [0.1, 0.15) is 12.3 Å². The molecule has 1 saturated carbocycles. The summed E-state index contributed by atoms with van der Waals surface area (Å²) in [6, 6.07) is 6.02. The van der Waals surface area contributed by atoms with Gasteiger partial charge in [0, 0.05) is 17.5 Å². The number of rotatable bonds is 6. The largest absolute Gasteiger partial charge is 0.493 e. The van der Waals surface area contributed by atoms with Crippen molar-refractivity contribution in [2.45, 2.75) is 38.8 Å². The molecule has 1 aliphatic rings. The first kappa shape index (κ1) is 19.0. The van der Waals surface area contributed by atoms with Crippen molar-refractivity contribution >= 4 is 11.7 Å². The molecule has 4 heterocycles. The number of pyridine rings is 1. The lowest BCUT2D eigenvalue weighted by molar-refractivity contribution is 0.289. The third kappa shape index (κ3) is 4.04. The molecule has 0 atom stereocenters. The second kappa shape index (κ2) is 7.71. The minimum absolute atomic E-state index is 0.244. The number of aromatic amines is 2. The van der Waals surface area contributed by atoms with Gasteiger partial charge < -0.3 is 14.8 Å². The highest BCUT2D eigenvalue weighted by molar-refractivity contribution is 5.56. The van der Waals surface area contributed by atoms with Gasteiger partial charge in [0.2, 0.25) is 11.8 Å². The van der Waals surface area contributed by atoms with Gasteiger partial charge in [-0.3, -0.25) is 15.0 Å². The molecule has 5 rings (SSSR count). The van der Waals surface area contributed by atoms with Crippen molar-refractivity contribution in [2.75, 3.05) is 0 Å². The molecule has 4 aromatic heterocycles. The lowest BCUT2D eigenvalue weighted by Gasteiger charge is -2.06. The van der Waals surface area contributed by atoms with Crippen LogP contribution in [0.3, 0.4) is 0 Å². The van der Waals surface area contributed by atoms with E-state index >= 15 is 0 Å². The van der Waals surface area contributed by atoms with Crippen LogP contribution in [0.5, 0.6) is 11.8 Å². The minimum atomic E-state index is -0.497. The second-order valence-corrected chi connectivity index (χ2v) is 7.43. The minimum Gasteiger partial charge on any atom is -0.493 e. The van der Waals surface area contributed by atoms with E-state index in [1.807, 2.05) is 18.3 Å². The number of aromatic nitrogens is 6. The molecule has 0 spiro atoms. The van der Waals surface area contributed by atoms with Gasteiger partial charge in [0.25, 0.3) is 0 Å². The molecule has 4 aromatic rings. The summed E-state index contributed by atoms with van der Waals surface area (Å²) in [5, 5.41) is 14.9. The van der Waals surface area contributed by atoms with Crippen molar-refractivity contribution in [1.29, 1.82) is 0 Å². The Kier molecular flexibility index (Phi) is 4.73. The first-order valence-corrected chi connectivity index (χ1v) is 10.1. The SMILES string of the molecule is CCc1ccc(COc2cc(=NC3CC3)n3nc/c(=C\c4[nH]c(=O)[nH]c4O)c3n2)nc1. The molecule has 10 heteroatoms. The topological polar surface area (TPSA) is 134 Å². The van der Waals surface area contributed by atoms with Gasteiger partial charge in [-0.05, 0) is 37.0 Å². The Morgan fingerprint density at radius 3 is 2.87 bits per heavy atom. The zero-order chi connectivity index (χ0) is 21.4. The van der Waals surface area contributed by atoms with E-state index in [1.54, 1.807) is 22.9 Å². The van der Waals surface area contributed by atoms with Crippen LogP contribution in [0.15, 0.2) is 40.4 Å².